The topological polar surface area (TPSA) is 113 Å². The Bertz CT molecular complexity index is 1290. The molecule has 0 bridgehead atoms. The SMILES string of the molecule is CNC(=O)[C@]1(C)C(=O)C(C#N)=C[C@]2(C)/C(=C/C(C)=O)[C@](C)([C@]3(C)CC[C@@]4(C(=O)OC)CCC(C)(C)CC4C3)CC[C@@H]12. The molecular weight excluding hydrogens is 516 g/mol. The third kappa shape index (κ3) is 4.34. The van der Waals surface area contributed by atoms with Crippen molar-refractivity contribution in [2.45, 2.75) is 99.8 Å². The molecule has 0 aliphatic heterocycles. The monoisotopic (exact) mass is 564 g/mol. The number of ether oxygens (including phenoxy) is 1. The third-order valence-electron chi connectivity index (χ3n) is 12.4. The molecule has 7 nitrogen and oxygen atoms in total. The van der Waals surface area contributed by atoms with Gasteiger partial charge in [-0.3, -0.25) is 19.2 Å². The van der Waals surface area contributed by atoms with Crippen molar-refractivity contribution in [2.75, 3.05) is 14.2 Å². The van der Waals surface area contributed by atoms with Gasteiger partial charge in [-0.15, -0.1) is 0 Å². The van der Waals surface area contributed by atoms with E-state index in [1.54, 1.807) is 19.1 Å². The van der Waals surface area contributed by atoms with Crippen LogP contribution in [0.15, 0.2) is 23.3 Å². The van der Waals surface area contributed by atoms with Crippen LogP contribution < -0.4 is 5.32 Å². The molecule has 4 aliphatic carbocycles. The van der Waals surface area contributed by atoms with Gasteiger partial charge in [0.05, 0.1) is 18.1 Å². The van der Waals surface area contributed by atoms with Gasteiger partial charge in [0.15, 0.2) is 11.6 Å². The van der Waals surface area contributed by atoms with Crippen LogP contribution in [0.5, 0.6) is 0 Å². The number of allylic oxidation sites excluding steroid dienone is 4. The van der Waals surface area contributed by atoms with Gasteiger partial charge in [0, 0.05) is 12.5 Å². The van der Waals surface area contributed by atoms with Crippen LogP contribution in [0.4, 0.5) is 0 Å². The molecule has 0 saturated heterocycles. The van der Waals surface area contributed by atoms with Crippen molar-refractivity contribution < 1.29 is 23.9 Å². The lowest BCUT2D eigenvalue weighted by molar-refractivity contribution is -0.174. The van der Waals surface area contributed by atoms with Gasteiger partial charge in [-0.2, -0.15) is 5.26 Å². The van der Waals surface area contributed by atoms with Crippen LogP contribution in [0.2, 0.25) is 0 Å². The molecule has 7 atom stereocenters. The number of nitrogens with one attached hydrogen (secondary N) is 1. The molecule has 1 amide bonds. The Hall–Kier alpha value is -2.75. The number of carbonyl (C=O) groups excluding carboxylic acids is 4. The maximum absolute atomic E-state index is 13.6. The summed E-state index contributed by atoms with van der Waals surface area (Å²) in [4.78, 5) is 53.2. The zero-order valence-corrected chi connectivity index (χ0v) is 26.5. The molecule has 41 heavy (non-hydrogen) atoms. The van der Waals surface area contributed by atoms with Crippen LogP contribution in [-0.4, -0.2) is 37.6 Å². The number of Topliss-reactive ketones (excluding diaryl/α,β-unsaturated/α-hetero) is 1. The van der Waals surface area contributed by atoms with E-state index in [4.69, 9.17) is 4.74 Å². The first-order chi connectivity index (χ1) is 18.9. The average molecular weight is 565 g/mol. The Morgan fingerprint density at radius 3 is 2.22 bits per heavy atom. The lowest BCUT2D eigenvalue weighted by Gasteiger charge is -2.65. The summed E-state index contributed by atoms with van der Waals surface area (Å²) in [5.41, 5.74) is -2.51. The maximum atomic E-state index is 13.6. The minimum absolute atomic E-state index is 0.0268. The van der Waals surface area contributed by atoms with E-state index in [9.17, 15) is 24.4 Å². The highest BCUT2D eigenvalue weighted by Gasteiger charge is 2.67. The van der Waals surface area contributed by atoms with Crippen molar-refractivity contribution in [3.63, 3.8) is 0 Å². The second kappa shape index (κ2) is 9.92. The zero-order valence-electron chi connectivity index (χ0n) is 26.5. The standard InChI is InChI=1S/C34H48N2O5/c1-21(37)16-25-31(5)17-22(20-35)26(38)33(7,27(39)36-8)24(31)10-11-32(25,6)30(4)13-15-34(28(40)41-9)14-12-29(2,3)18-23(34)19-30/h16-17,23-24H,10-15,18-19H2,1-9H3,(H,36,39)/b25-16-/t23?,24-,30-,31+,32-,33+,34+/m1/s1. The van der Waals surface area contributed by atoms with Gasteiger partial charge in [-0.05, 0) is 99.4 Å². The molecule has 0 radical (unpaired) electrons. The molecule has 224 valence electrons. The molecule has 0 spiro atoms. The Morgan fingerprint density at radius 1 is 1.02 bits per heavy atom. The van der Waals surface area contributed by atoms with E-state index in [1.165, 1.54) is 21.1 Å². The van der Waals surface area contributed by atoms with Crippen molar-refractivity contribution in [1.29, 1.82) is 5.26 Å². The molecule has 4 rings (SSSR count). The van der Waals surface area contributed by atoms with Gasteiger partial charge >= 0.3 is 5.97 Å². The number of methoxy groups -OCH3 is 1. The smallest absolute Gasteiger partial charge is 0.312 e. The van der Waals surface area contributed by atoms with Gasteiger partial charge in [-0.25, -0.2) is 0 Å². The van der Waals surface area contributed by atoms with E-state index in [2.05, 4.69) is 39.1 Å². The summed E-state index contributed by atoms with van der Waals surface area (Å²) < 4.78 is 5.40. The van der Waals surface area contributed by atoms with Gasteiger partial charge in [0.2, 0.25) is 5.91 Å². The van der Waals surface area contributed by atoms with Crippen LogP contribution in [0.25, 0.3) is 0 Å². The molecule has 7 heteroatoms. The number of rotatable bonds is 4. The summed E-state index contributed by atoms with van der Waals surface area (Å²) in [5, 5.41) is 12.7. The van der Waals surface area contributed by atoms with E-state index < -0.39 is 39.3 Å². The van der Waals surface area contributed by atoms with Crippen LogP contribution in [0.3, 0.4) is 0 Å². The summed E-state index contributed by atoms with van der Waals surface area (Å²) in [6.45, 7) is 14.3. The molecular formula is C34H48N2O5. The summed E-state index contributed by atoms with van der Waals surface area (Å²) in [7, 11) is 3.01. The van der Waals surface area contributed by atoms with Crippen molar-refractivity contribution in [1.82, 2.24) is 5.32 Å². The number of nitrogens with zero attached hydrogens (tertiary/aromatic N) is 1. The van der Waals surface area contributed by atoms with Gasteiger partial charge in [-0.1, -0.05) is 46.3 Å². The first kappa shape index (κ1) is 31.2. The van der Waals surface area contributed by atoms with Crippen LogP contribution in [0, 0.1) is 55.7 Å². The molecule has 0 aromatic heterocycles. The molecule has 1 unspecified atom stereocenters. The van der Waals surface area contributed by atoms with Crippen molar-refractivity contribution in [2.24, 2.45) is 44.3 Å². The molecule has 3 saturated carbocycles. The zero-order chi connectivity index (χ0) is 30.8. The third-order valence-corrected chi connectivity index (χ3v) is 12.4. The lowest BCUT2D eigenvalue weighted by atomic mass is 9.38. The van der Waals surface area contributed by atoms with Gasteiger partial charge in [0.25, 0.3) is 0 Å². The van der Waals surface area contributed by atoms with E-state index in [-0.39, 0.29) is 34.1 Å². The number of esters is 1. The second-order valence-electron chi connectivity index (χ2n) is 15.1. The summed E-state index contributed by atoms with van der Waals surface area (Å²) in [6, 6.07) is 2.07. The summed E-state index contributed by atoms with van der Waals surface area (Å²) in [5.74, 6) is -1.32. The van der Waals surface area contributed by atoms with Gasteiger partial charge < -0.3 is 10.1 Å². The largest absolute Gasteiger partial charge is 0.469 e. The van der Waals surface area contributed by atoms with Crippen LogP contribution >= 0.6 is 0 Å². The minimum Gasteiger partial charge on any atom is -0.469 e. The predicted molar refractivity (Wildman–Crippen MR) is 156 cm³/mol. The van der Waals surface area contributed by atoms with Crippen LogP contribution in [0.1, 0.15) is 99.8 Å². The van der Waals surface area contributed by atoms with E-state index in [1.807, 2.05) is 6.92 Å². The highest BCUT2D eigenvalue weighted by atomic mass is 16.5. The molecule has 0 aromatic rings. The number of hydrogen-bond donors (Lipinski definition) is 1. The lowest BCUT2D eigenvalue weighted by Crippen LogP contribution is -2.62. The number of carbonyl (C=O) groups is 4. The fraction of sp³-hybridized carbons (Fsp3) is 0.735. The maximum Gasteiger partial charge on any atom is 0.312 e. The Morgan fingerprint density at radius 2 is 1.66 bits per heavy atom. The van der Waals surface area contributed by atoms with E-state index in [0.717, 1.165) is 44.1 Å². The quantitative estimate of drug-likeness (QED) is 0.259. The highest BCUT2D eigenvalue weighted by molar-refractivity contribution is 6.16. The molecule has 3 fully saturated rings. The second-order valence-corrected chi connectivity index (χ2v) is 15.1. The number of nitriles is 1. The Balaban J connectivity index is 1.89. The summed E-state index contributed by atoms with van der Waals surface area (Å²) >= 11 is 0. The Labute approximate surface area is 245 Å². The Kier molecular flexibility index (Phi) is 7.55. The average Bonchev–Trinajstić information content (AvgIpc) is 2.91. The number of fused-ring (bicyclic) bond motifs is 2. The number of hydrogen-bond acceptors (Lipinski definition) is 6. The molecule has 0 heterocycles. The van der Waals surface area contributed by atoms with Crippen molar-refractivity contribution in [3.05, 3.63) is 23.3 Å². The fourth-order valence-electron chi connectivity index (χ4n) is 9.82. The number of ketones is 2. The van der Waals surface area contributed by atoms with Crippen LogP contribution in [-0.2, 0) is 23.9 Å². The molecule has 4 aliphatic rings. The number of amides is 1. The van der Waals surface area contributed by atoms with E-state index >= 15 is 0 Å². The summed E-state index contributed by atoms with van der Waals surface area (Å²) in [6.07, 6.45) is 9.83. The first-order valence-corrected chi connectivity index (χ1v) is 15.1. The molecule has 0 aromatic carbocycles. The van der Waals surface area contributed by atoms with Crippen molar-refractivity contribution >= 4 is 23.4 Å². The van der Waals surface area contributed by atoms with Crippen molar-refractivity contribution in [3.8, 4) is 6.07 Å². The predicted octanol–water partition coefficient (Wildman–Crippen LogP) is 5.89. The fourth-order valence-corrected chi connectivity index (χ4v) is 9.82. The minimum atomic E-state index is -1.43. The molecule has 1 N–H and O–H groups in total. The van der Waals surface area contributed by atoms with Gasteiger partial charge in [0.1, 0.15) is 11.5 Å². The highest BCUT2D eigenvalue weighted by Crippen LogP contribution is 2.71. The first-order valence-electron chi connectivity index (χ1n) is 15.1. The van der Waals surface area contributed by atoms with E-state index in [0.29, 0.717) is 12.8 Å². The normalized spacial score (nSPS) is 42.7.